The van der Waals surface area contributed by atoms with Gasteiger partial charge < -0.3 is 140 Å². The number of hydrogen-bond donors (Lipinski definition) is 20. The van der Waals surface area contributed by atoms with Crippen LogP contribution in [0.4, 0.5) is 0 Å². The van der Waals surface area contributed by atoms with Crippen LogP contribution in [0.3, 0.4) is 0 Å². The molecule has 25 atom stereocenters. The van der Waals surface area contributed by atoms with Crippen LogP contribution in [0.1, 0.15) is 20.3 Å². The fourth-order valence-electron chi connectivity index (χ4n) is 8.13. The first-order chi connectivity index (χ1) is 31.9. The van der Waals surface area contributed by atoms with E-state index in [1.165, 1.54) is 0 Å². The van der Waals surface area contributed by atoms with Gasteiger partial charge in [-0.15, -0.1) is 0 Å². The molecular formula is C37H64N2O29. The van der Waals surface area contributed by atoms with E-state index < -0.39 is 217 Å². The summed E-state index contributed by atoms with van der Waals surface area (Å²) >= 11 is 0. The number of ether oxygens (including phenoxy) is 8. The number of amides is 2. The van der Waals surface area contributed by atoms with Crippen LogP contribution < -0.4 is 10.6 Å². The largest absolute Gasteiger partial charge is 0.477 e. The minimum Gasteiger partial charge on any atom is -0.477 e. The van der Waals surface area contributed by atoms with Gasteiger partial charge in [-0.05, 0) is 0 Å². The van der Waals surface area contributed by atoms with Crippen molar-refractivity contribution in [2.24, 2.45) is 0 Å². The van der Waals surface area contributed by atoms with E-state index >= 15 is 0 Å². The number of rotatable bonds is 22. The molecule has 4 heterocycles. The molecular weight excluding hydrogens is 936 g/mol. The lowest BCUT2D eigenvalue weighted by Gasteiger charge is -2.51. The second-order valence-corrected chi connectivity index (χ2v) is 16.6. The predicted molar refractivity (Wildman–Crippen MR) is 209 cm³/mol. The van der Waals surface area contributed by atoms with Crippen molar-refractivity contribution in [1.82, 2.24) is 10.6 Å². The Morgan fingerprint density at radius 1 is 0.603 bits per heavy atom. The molecule has 0 radical (unpaired) electrons. The van der Waals surface area contributed by atoms with Gasteiger partial charge in [0.05, 0.1) is 51.8 Å². The maximum atomic E-state index is 13.0. The zero-order chi connectivity index (χ0) is 51.1. The third-order valence-electron chi connectivity index (χ3n) is 11.7. The third kappa shape index (κ3) is 12.9. The molecule has 2 amide bonds. The zero-order valence-corrected chi connectivity index (χ0v) is 36.3. The van der Waals surface area contributed by atoms with Crippen LogP contribution >= 0.6 is 0 Å². The number of carbonyl (C=O) groups is 3. The fraction of sp³-hybridized carbons (Fsp3) is 0.919. The van der Waals surface area contributed by atoms with Gasteiger partial charge in [0.25, 0.3) is 5.79 Å². The summed E-state index contributed by atoms with van der Waals surface area (Å²) < 4.78 is 45.3. The first-order valence-electron chi connectivity index (χ1n) is 21.2. The third-order valence-corrected chi connectivity index (χ3v) is 11.7. The molecule has 4 rings (SSSR count). The number of carbonyl (C=O) groups excluding carboxylic acids is 2. The first-order valence-corrected chi connectivity index (χ1v) is 21.2. The second-order valence-electron chi connectivity index (χ2n) is 16.6. The first kappa shape index (κ1) is 58.0. The van der Waals surface area contributed by atoms with Crippen LogP contribution in [0, 0.1) is 0 Å². The number of aliphatic carboxylic acids is 1. The molecule has 0 bridgehead atoms. The van der Waals surface area contributed by atoms with Gasteiger partial charge >= 0.3 is 5.97 Å². The Bertz CT molecular complexity index is 1610. The molecule has 0 saturated carbocycles. The highest BCUT2D eigenvalue weighted by molar-refractivity contribution is 5.76. The molecule has 31 nitrogen and oxygen atoms in total. The average Bonchev–Trinajstić information content (AvgIpc) is 3.30. The number of nitrogens with one attached hydrogen (secondary N) is 2. The number of aliphatic hydroxyl groups excluding tert-OH is 17. The zero-order valence-electron chi connectivity index (χ0n) is 36.3. The van der Waals surface area contributed by atoms with Crippen LogP contribution in [0.25, 0.3) is 0 Å². The van der Waals surface area contributed by atoms with Gasteiger partial charge in [0, 0.05) is 20.3 Å². The molecule has 4 aliphatic rings. The average molecular weight is 1000 g/mol. The van der Waals surface area contributed by atoms with Gasteiger partial charge in [0.1, 0.15) is 116 Å². The van der Waals surface area contributed by atoms with Crippen molar-refractivity contribution >= 4 is 17.8 Å². The van der Waals surface area contributed by atoms with E-state index in [-0.39, 0.29) is 0 Å². The Morgan fingerprint density at radius 2 is 1.06 bits per heavy atom. The van der Waals surface area contributed by atoms with Crippen LogP contribution in [0.15, 0.2) is 0 Å². The van der Waals surface area contributed by atoms with Gasteiger partial charge in [-0.25, -0.2) is 4.79 Å². The maximum absolute atomic E-state index is 13.0. The number of aliphatic hydroxyl groups is 17. The topological polar surface area (TPSA) is 513 Å². The Morgan fingerprint density at radius 3 is 1.56 bits per heavy atom. The molecule has 4 fully saturated rings. The highest BCUT2D eigenvalue weighted by Crippen LogP contribution is 2.39. The summed E-state index contributed by atoms with van der Waals surface area (Å²) in [4.78, 5) is 37.6. The van der Waals surface area contributed by atoms with Gasteiger partial charge in [-0.3, -0.25) is 9.59 Å². The molecule has 20 N–H and O–H groups in total. The predicted octanol–water partition coefficient (Wildman–Crippen LogP) is -12.8. The Balaban J connectivity index is 1.70. The Kier molecular flexibility index (Phi) is 21.5. The second kappa shape index (κ2) is 25.2. The quantitative estimate of drug-likeness (QED) is 0.0479. The van der Waals surface area contributed by atoms with E-state index in [1.807, 2.05) is 0 Å². The summed E-state index contributed by atoms with van der Waals surface area (Å²) in [5, 5.41) is 194. The molecule has 68 heavy (non-hydrogen) atoms. The smallest absolute Gasteiger partial charge is 0.364 e. The van der Waals surface area contributed by atoms with Crippen molar-refractivity contribution in [3.8, 4) is 0 Å². The lowest BCUT2D eigenvalue weighted by molar-refractivity contribution is -0.387. The number of hydrogen-bond acceptors (Lipinski definition) is 28. The highest BCUT2D eigenvalue weighted by Gasteiger charge is 2.61. The normalized spacial score (nSPS) is 41.7. The lowest BCUT2D eigenvalue weighted by Crippen LogP contribution is -2.71. The molecule has 0 aromatic rings. The molecule has 4 aliphatic heterocycles. The minimum absolute atomic E-state index is 0.824. The standard InChI is InChI=1S/C37H64N2O29/c1-10(46)38-19-12(48)3-37(36(59)60,67-30(19)22(53)14(50)5-41)68-32-25(56)18(9-45)63-35(27(32)58)65-29-20(39-11(2)47)33(61-16(7-43)23(29)54)66-31-24(55)17(8-44)62-34(26(31)57)64-28(15(51)6-42)21(52)13(49)4-40/h12-35,40-45,48-58H,3-9H2,1-2H3,(H,38,46)(H,39,47)(H,59,60)/t12-,13-,14+,15+,16+,17+,18+,19+,20+,21+,22+,23-,24-,25-,26+,27+,28+,29+,30+,31-,32-,33+,34-,35-,37-/m0/s1. The van der Waals surface area contributed by atoms with E-state index in [2.05, 4.69) is 10.6 Å². The van der Waals surface area contributed by atoms with Gasteiger partial charge in [-0.1, -0.05) is 0 Å². The SMILES string of the molecule is CC(=O)N[C@H]1[C@@H](O[C@H]2[C@@H](O)[C@@H](CO)O[C@@H](O[C@@H]([C@H](O)[C@@H](O)CO)[C@H](O)CO)[C@@H]2O)O[C@H](CO)[C@H](O)[C@@H]1O[C@@H]1O[C@H](CO)[C@H](O)[C@H](O[C@]2(C(=O)O)C[C@H](O)[C@@H](NC(C)=O)[C@H]([C@H](O)[C@H](O)CO)O2)[C@H]1O. The highest BCUT2D eigenvalue weighted by atomic mass is 16.8. The van der Waals surface area contributed by atoms with Crippen LogP contribution in [0.2, 0.25) is 0 Å². The Hall–Kier alpha value is -2.59. The van der Waals surface area contributed by atoms with Gasteiger partial charge in [0.15, 0.2) is 18.9 Å². The monoisotopic (exact) mass is 1000 g/mol. The molecule has 396 valence electrons. The summed E-state index contributed by atoms with van der Waals surface area (Å²) in [6, 6.07) is -3.54. The number of carboxylic acid groups (broad SMARTS) is 1. The lowest BCUT2D eigenvalue weighted by atomic mass is 9.88. The van der Waals surface area contributed by atoms with Crippen molar-refractivity contribution in [2.75, 3.05) is 39.6 Å². The van der Waals surface area contributed by atoms with Crippen molar-refractivity contribution in [2.45, 2.75) is 173 Å². The van der Waals surface area contributed by atoms with E-state index in [0.29, 0.717) is 0 Å². The van der Waals surface area contributed by atoms with E-state index in [1.54, 1.807) is 0 Å². The minimum atomic E-state index is -3.20. The fourth-order valence-corrected chi connectivity index (χ4v) is 8.13. The summed E-state index contributed by atoms with van der Waals surface area (Å²) in [6.07, 6.45) is -47.0. The van der Waals surface area contributed by atoms with E-state index in [0.717, 1.165) is 13.8 Å². The molecule has 0 unspecified atom stereocenters. The van der Waals surface area contributed by atoms with Crippen LogP contribution in [0.5, 0.6) is 0 Å². The van der Waals surface area contributed by atoms with Crippen LogP contribution in [-0.2, 0) is 52.3 Å². The van der Waals surface area contributed by atoms with Crippen molar-refractivity contribution < 1.29 is 144 Å². The van der Waals surface area contributed by atoms with Gasteiger partial charge in [0.2, 0.25) is 11.8 Å². The van der Waals surface area contributed by atoms with E-state index in [9.17, 15) is 106 Å². The molecule has 31 heteroatoms. The molecule has 0 aromatic heterocycles. The van der Waals surface area contributed by atoms with Gasteiger partial charge in [-0.2, -0.15) is 0 Å². The number of carboxylic acids is 1. The molecule has 4 saturated heterocycles. The van der Waals surface area contributed by atoms with Crippen molar-refractivity contribution in [1.29, 1.82) is 0 Å². The summed E-state index contributed by atoms with van der Waals surface area (Å²) in [5.41, 5.74) is 0. The molecule has 0 aromatic carbocycles. The summed E-state index contributed by atoms with van der Waals surface area (Å²) in [5.74, 6) is -7.03. The molecule has 0 spiro atoms. The van der Waals surface area contributed by atoms with E-state index in [4.69, 9.17) is 37.9 Å². The molecule has 0 aliphatic carbocycles. The van der Waals surface area contributed by atoms with Crippen LogP contribution in [-0.4, -0.2) is 302 Å². The van der Waals surface area contributed by atoms with Crippen molar-refractivity contribution in [3.63, 3.8) is 0 Å². The summed E-state index contributed by atoms with van der Waals surface area (Å²) in [6.45, 7) is -4.65. The maximum Gasteiger partial charge on any atom is 0.364 e. The summed E-state index contributed by atoms with van der Waals surface area (Å²) in [7, 11) is 0. The van der Waals surface area contributed by atoms with Crippen molar-refractivity contribution in [3.05, 3.63) is 0 Å². The Labute approximate surface area is 385 Å².